The number of benzene rings is 1. The highest BCUT2D eigenvalue weighted by atomic mass is 16.5. The molecule has 4 nitrogen and oxygen atoms in total. The van der Waals surface area contributed by atoms with Gasteiger partial charge in [-0.25, -0.2) is 0 Å². The van der Waals surface area contributed by atoms with Crippen LogP contribution in [0, 0.1) is 5.92 Å². The molecule has 2 rings (SSSR count). The van der Waals surface area contributed by atoms with Crippen LogP contribution in [0.15, 0.2) is 30.7 Å². The van der Waals surface area contributed by atoms with Crippen LogP contribution in [0.25, 0.3) is 0 Å². The van der Waals surface area contributed by atoms with Gasteiger partial charge in [-0.2, -0.15) is 0 Å². The molecule has 0 fully saturated rings. The summed E-state index contributed by atoms with van der Waals surface area (Å²) in [6, 6.07) is 5.22. The highest BCUT2D eigenvalue weighted by Gasteiger charge is 2.18. The van der Waals surface area contributed by atoms with Crippen LogP contribution in [0.5, 0.6) is 11.5 Å². The minimum absolute atomic E-state index is 0.0600. The van der Waals surface area contributed by atoms with E-state index < -0.39 is 6.10 Å². The molecule has 0 amide bonds. The maximum atomic E-state index is 9.92. The molecule has 1 aromatic rings. The van der Waals surface area contributed by atoms with Crippen molar-refractivity contribution in [3.05, 3.63) is 36.3 Å². The molecule has 4 heteroatoms. The first-order chi connectivity index (χ1) is 7.72. The first-order valence-electron chi connectivity index (χ1n) is 5.13. The van der Waals surface area contributed by atoms with E-state index in [1.807, 2.05) is 0 Å². The molecule has 0 radical (unpaired) electrons. The highest BCUT2D eigenvalue weighted by molar-refractivity contribution is 5.45. The fourth-order valence-electron chi connectivity index (χ4n) is 1.53. The Morgan fingerprint density at radius 2 is 1.88 bits per heavy atom. The van der Waals surface area contributed by atoms with Gasteiger partial charge in [0.1, 0.15) is 12.5 Å². The van der Waals surface area contributed by atoms with E-state index in [9.17, 15) is 5.11 Å². The molecule has 16 heavy (non-hydrogen) atoms. The van der Waals surface area contributed by atoms with E-state index in [0.717, 1.165) is 0 Å². The first-order valence-corrected chi connectivity index (χ1v) is 5.13. The van der Waals surface area contributed by atoms with Crippen molar-refractivity contribution in [3.8, 4) is 11.5 Å². The normalized spacial score (nSPS) is 16.9. The third-order valence-electron chi connectivity index (χ3n) is 2.58. The van der Waals surface area contributed by atoms with Crippen molar-refractivity contribution in [3.63, 3.8) is 0 Å². The van der Waals surface area contributed by atoms with Gasteiger partial charge in [0.05, 0.1) is 6.10 Å². The lowest BCUT2D eigenvalue weighted by molar-refractivity contribution is 0.0768. The van der Waals surface area contributed by atoms with E-state index in [1.54, 1.807) is 25.1 Å². The molecule has 2 atom stereocenters. The number of hydrogen-bond acceptors (Lipinski definition) is 4. The molecule has 0 unspecified atom stereocenters. The van der Waals surface area contributed by atoms with Gasteiger partial charge in [0, 0.05) is 12.5 Å². The van der Waals surface area contributed by atoms with Gasteiger partial charge in [0.15, 0.2) is 11.5 Å². The summed E-state index contributed by atoms with van der Waals surface area (Å²) in [5.74, 6) is 0.984. The van der Waals surface area contributed by atoms with Crippen molar-refractivity contribution >= 4 is 0 Å². The number of hydrogen-bond donors (Lipinski definition) is 2. The van der Waals surface area contributed by atoms with Crippen LogP contribution in [0.2, 0.25) is 0 Å². The molecule has 1 aliphatic rings. The topological polar surface area (TPSA) is 58.9 Å². The lowest BCUT2D eigenvalue weighted by Gasteiger charge is -2.19. The second kappa shape index (κ2) is 4.55. The monoisotopic (exact) mass is 222 g/mol. The molecule has 1 aliphatic heterocycles. The Labute approximate surface area is 93.7 Å². The lowest BCUT2D eigenvalue weighted by Crippen LogP contribution is -2.13. The van der Waals surface area contributed by atoms with Gasteiger partial charge in [0.2, 0.25) is 0 Å². The fraction of sp³-hybridized carbons (Fsp3) is 0.333. The number of aliphatic hydroxyl groups is 2. The van der Waals surface area contributed by atoms with Crippen LogP contribution < -0.4 is 9.47 Å². The molecule has 0 spiro atoms. The van der Waals surface area contributed by atoms with E-state index in [2.05, 4.69) is 0 Å². The second-order valence-corrected chi connectivity index (χ2v) is 3.82. The van der Waals surface area contributed by atoms with Gasteiger partial charge < -0.3 is 19.7 Å². The largest absolute Gasteiger partial charge is 0.458 e. The van der Waals surface area contributed by atoms with Crippen LogP contribution in [0.1, 0.15) is 18.6 Å². The Bertz CT molecular complexity index is 400. The highest BCUT2D eigenvalue weighted by Crippen LogP contribution is 2.34. The smallest absolute Gasteiger partial charge is 0.169 e. The molecule has 2 N–H and O–H groups in total. The number of rotatable bonds is 3. The van der Waals surface area contributed by atoms with Crippen molar-refractivity contribution in [2.45, 2.75) is 13.0 Å². The van der Waals surface area contributed by atoms with Gasteiger partial charge in [-0.05, 0) is 17.7 Å². The zero-order valence-corrected chi connectivity index (χ0v) is 8.96. The van der Waals surface area contributed by atoms with Gasteiger partial charge >= 0.3 is 0 Å². The van der Waals surface area contributed by atoms with E-state index >= 15 is 0 Å². The van der Waals surface area contributed by atoms with Gasteiger partial charge in [-0.1, -0.05) is 13.0 Å². The Balaban J connectivity index is 2.24. The third-order valence-corrected chi connectivity index (χ3v) is 2.58. The van der Waals surface area contributed by atoms with E-state index in [4.69, 9.17) is 14.6 Å². The summed E-state index contributed by atoms with van der Waals surface area (Å²) in [4.78, 5) is 0. The number of ether oxygens (including phenoxy) is 2. The zero-order valence-electron chi connectivity index (χ0n) is 8.96. The molecule has 1 heterocycles. The minimum atomic E-state index is -0.704. The molecule has 0 bridgehead atoms. The third kappa shape index (κ3) is 2.03. The predicted molar refractivity (Wildman–Crippen MR) is 58.0 cm³/mol. The van der Waals surface area contributed by atoms with E-state index in [1.165, 1.54) is 12.5 Å². The quantitative estimate of drug-likeness (QED) is 0.815. The minimum Gasteiger partial charge on any atom is -0.458 e. The van der Waals surface area contributed by atoms with Crippen molar-refractivity contribution in [1.82, 2.24) is 0 Å². The van der Waals surface area contributed by atoms with Gasteiger partial charge in [-0.3, -0.25) is 0 Å². The number of aliphatic hydroxyl groups excluding tert-OH is 2. The van der Waals surface area contributed by atoms with E-state index in [-0.39, 0.29) is 12.5 Å². The van der Waals surface area contributed by atoms with Crippen LogP contribution >= 0.6 is 0 Å². The lowest BCUT2D eigenvalue weighted by atomic mass is 9.98. The SMILES string of the molecule is C[C@H](CO)[C@H](O)c1ccc2c(c1)OC=CO2. The Morgan fingerprint density at radius 3 is 2.56 bits per heavy atom. The average Bonchev–Trinajstić information content (AvgIpc) is 2.36. The van der Waals surface area contributed by atoms with Crippen LogP contribution in [-0.2, 0) is 0 Å². The summed E-state index contributed by atoms with van der Waals surface area (Å²) >= 11 is 0. The maximum Gasteiger partial charge on any atom is 0.169 e. The standard InChI is InChI=1S/C12H14O4/c1-8(7-13)12(14)9-2-3-10-11(6-9)16-5-4-15-10/h2-6,8,12-14H,7H2,1H3/t8-,12+/m1/s1. The Morgan fingerprint density at radius 1 is 1.19 bits per heavy atom. The van der Waals surface area contributed by atoms with Crippen molar-refractivity contribution in [2.24, 2.45) is 5.92 Å². The first kappa shape index (κ1) is 11.0. The molecule has 0 saturated heterocycles. The van der Waals surface area contributed by atoms with Crippen LogP contribution in [0.4, 0.5) is 0 Å². The molecule has 0 aromatic heterocycles. The average molecular weight is 222 g/mol. The summed E-state index contributed by atoms with van der Waals surface area (Å²) in [7, 11) is 0. The predicted octanol–water partition coefficient (Wildman–Crippen LogP) is 1.59. The van der Waals surface area contributed by atoms with Crippen molar-refractivity contribution in [2.75, 3.05) is 6.61 Å². The van der Waals surface area contributed by atoms with Crippen molar-refractivity contribution in [1.29, 1.82) is 0 Å². The molecular formula is C12H14O4. The van der Waals surface area contributed by atoms with Crippen molar-refractivity contribution < 1.29 is 19.7 Å². The summed E-state index contributed by atoms with van der Waals surface area (Å²) in [5.41, 5.74) is 0.708. The molecule has 0 saturated carbocycles. The van der Waals surface area contributed by atoms with Crippen LogP contribution in [-0.4, -0.2) is 16.8 Å². The molecular weight excluding hydrogens is 208 g/mol. The summed E-state index contributed by atoms with van der Waals surface area (Å²) in [6.45, 7) is 1.72. The summed E-state index contributed by atoms with van der Waals surface area (Å²) < 4.78 is 10.5. The molecule has 1 aromatic carbocycles. The van der Waals surface area contributed by atoms with E-state index in [0.29, 0.717) is 17.1 Å². The Hall–Kier alpha value is -1.52. The summed E-state index contributed by atoms with van der Waals surface area (Å²) in [5, 5.41) is 18.9. The zero-order chi connectivity index (χ0) is 11.5. The second-order valence-electron chi connectivity index (χ2n) is 3.82. The van der Waals surface area contributed by atoms with Gasteiger partial charge in [-0.15, -0.1) is 0 Å². The Kier molecular flexibility index (Phi) is 3.12. The van der Waals surface area contributed by atoms with Gasteiger partial charge in [0.25, 0.3) is 0 Å². The maximum absolute atomic E-state index is 9.92. The molecule has 0 aliphatic carbocycles. The number of fused-ring (bicyclic) bond motifs is 1. The summed E-state index contributed by atoms with van der Waals surface area (Å²) in [6.07, 6.45) is 2.19. The molecule has 86 valence electrons. The fourth-order valence-corrected chi connectivity index (χ4v) is 1.53. The van der Waals surface area contributed by atoms with Crippen LogP contribution in [0.3, 0.4) is 0 Å².